The number of aryl methyl sites for hydroxylation is 1. The average molecular weight is 393 g/mol. The lowest BCUT2D eigenvalue weighted by molar-refractivity contribution is 0.340. The van der Waals surface area contributed by atoms with Gasteiger partial charge in [-0.1, -0.05) is 18.2 Å². The third kappa shape index (κ3) is 4.09. The van der Waals surface area contributed by atoms with Crippen LogP contribution in [0.5, 0.6) is 5.75 Å². The molecule has 1 aromatic carbocycles. The van der Waals surface area contributed by atoms with E-state index in [9.17, 15) is 18.0 Å². The third-order valence-corrected chi connectivity index (χ3v) is 5.26. The van der Waals surface area contributed by atoms with Gasteiger partial charge in [0, 0.05) is 14.1 Å². The van der Waals surface area contributed by atoms with Crippen LogP contribution in [-0.2, 0) is 30.7 Å². The van der Waals surface area contributed by atoms with Crippen LogP contribution < -0.4 is 20.7 Å². The van der Waals surface area contributed by atoms with Gasteiger partial charge in [-0.15, -0.1) is 0 Å². The Hall–Kier alpha value is -2.92. The number of ether oxygens (including phenoxy) is 1. The van der Waals surface area contributed by atoms with Crippen LogP contribution >= 0.6 is 0 Å². The number of nitrogens with one attached hydrogen (secondary N) is 2. The number of aromatic amines is 1. The molecule has 0 fully saturated rings. The van der Waals surface area contributed by atoms with Crippen molar-refractivity contribution in [1.82, 2.24) is 23.8 Å². The van der Waals surface area contributed by atoms with Crippen LogP contribution in [0.15, 0.2) is 39.9 Å². The van der Waals surface area contributed by atoms with Gasteiger partial charge in [-0.05, 0) is 12.1 Å². The van der Waals surface area contributed by atoms with Crippen molar-refractivity contribution in [2.45, 2.75) is 6.54 Å². The molecule has 0 radical (unpaired) electrons. The molecule has 0 aliphatic rings. The minimum atomic E-state index is -3.61. The molecule has 27 heavy (non-hydrogen) atoms. The highest BCUT2D eigenvalue weighted by molar-refractivity contribution is 7.89. The summed E-state index contributed by atoms with van der Waals surface area (Å²) in [5, 5.41) is 0. The number of imidazole rings is 1. The van der Waals surface area contributed by atoms with Crippen molar-refractivity contribution >= 4 is 21.2 Å². The normalized spacial score (nSPS) is 11.8. The Morgan fingerprint density at radius 1 is 1.15 bits per heavy atom. The number of sulfonamides is 1. The van der Waals surface area contributed by atoms with Crippen LogP contribution in [0, 0.1) is 0 Å². The number of aromatic nitrogens is 4. The zero-order chi connectivity index (χ0) is 19.6. The van der Waals surface area contributed by atoms with Crippen molar-refractivity contribution in [2.24, 2.45) is 14.1 Å². The smallest absolute Gasteiger partial charge is 0.332 e. The van der Waals surface area contributed by atoms with Crippen molar-refractivity contribution in [3.05, 3.63) is 57.0 Å². The van der Waals surface area contributed by atoms with E-state index in [2.05, 4.69) is 14.7 Å². The fourth-order valence-electron chi connectivity index (χ4n) is 2.49. The molecule has 10 nitrogen and oxygen atoms in total. The van der Waals surface area contributed by atoms with Gasteiger partial charge in [0.15, 0.2) is 5.65 Å². The number of hydrogen-bond acceptors (Lipinski definition) is 6. The Labute approximate surface area is 154 Å². The van der Waals surface area contributed by atoms with E-state index in [4.69, 9.17) is 4.74 Å². The van der Waals surface area contributed by atoms with Crippen LogP contribution in [0.3, 0.4) is 0 Å². The van der Waals surface area contributed by atoms with Crippen molar-refractivity contribution in [3.63, 3.8) is 0 Å². The van der Waals surface area contributed by atoms with Crippen LogP contribution in [0.2, 0.25) is 0 Å². The zero-order valence-electron chi connectivity index (χ0n) is 14.8. The lowest BCUT2D eigenvalue weighted by atomic mass is 10.3. The molecule has 0 amide bonds. The number of nitrogens with zero attached hydrogens (tertiary/aromatic N) is 3. The molecule has 0 spiro atoms. The molecule has 11 heteroatoms. The Morgan fingerprint density at radius 2 is 1.85 bits per heavy atom. The number of benzene rings is 1. The number of rotatable bonds is 7. The zero-order valence-corrected chi connectivity index (χ0v) is 15.6. The molecular weight excluding hydrogens is 374 g/mol. The molecular formula is C16H19N5O5S. The minimum Gasteiger partial charge on any atom is -0.492 e. The second kappa shape index (κ2) is 7.37. The van der Waals surface area contributed by atoms with E-state index in [1.807, 2.05) is 6.07 Å². The summed E-state index contributed by atoms with van der Waals surface area (Å²) in [6.07, 6.45) is 0. The fourth-order valence-corrected chi connectivity index (χ4v) is 3.30. The average Bonchev–Trinajstić information content (AvgIpc) is 3.08. The summed E-state index contributed by atoms with van der Waals surface area (Å²) < 4.78 is 34.1. The molecule has 2 N–H and O–H groups in total. The molecule has 2 aromatic heterocycles. The van der Waals surface area contributed by atoms with Gasteiger partial charge in [0.1, 0.15) is 23.7 Å². The van der Waals surface area contributed by atoms with Gasteiger partial charge in [-0.2, -0.15) is 0 Å². The molecule has 3 rings (SSSR count). The molecule has 0 atom stereocenters. The van der Waals surface area contributed by atoms with Gasteiger partial charge in [-0.3, -0.25) is 13.9 Å². The lowest BCUT2D eigenvalue weighted by Gasteiger charge is -2.07. The third-order valence-electron chi connectivity index (χ3n) is 3.97. The quantitative estimate of drug-likeness (QED) is 0.555. The van der Waals surface area contributed by atoms with Crippen molar-refractivity contribution in [2.75, 3.05) is 12.4 Å². The van der Waals surface area contributed by atoms with Crippen molar-refractivity contribution in [3.8, 4) is 5.75 Å². The summed E-state index contributed by atoms with van der Waals surface area (Å²) in [4.78, 5) is 30.9. The first-order chi connectivity index (χ1) is 12.8. The standard InChI is InChI=1S/C16H19N5O5S/c1-20-14-13(15(22)21(2)16(20)23)18-12(19-14)10-17-27(24,25)9-8-26-11-6-4-3-5-7-11/h3-7,17H,8-10H2,1-2H3,(H,18,19). The fraction of sp³-hybridized carbons (Fsp3) is 0.312. The molecule has 0 saturated carbocycles. The van der Waals surface area contributed by atoms with Crippen LogP contribution in [-0.4, -0.2) is 39.9 Å². The second-order valence-corrected chi connectivity index (χ2v) is 7.82. The highest BCUT2D eigenvalue weighted by Crippen LogP contribution is 2.08. The largest absolute Gasteiger partial charge is 0.492 e. The predicted octanol–water partition coefficient (Wildman–Crippen LogP) is -0.541. The molecule has 2 heterocycles. The van der Waals surface area contributed by atoms with Gasteiger partial charge in [0.25, 0.3) is 5.56 Å². The van der Waals surface area contributed by atoms with E-state index in [-0.39, 0.29) is 35.9 Å². The van der Waals surface area contributed by atoms with Crippen LogP contribution in [0.4, 0.5) is 0 Å². The molecule has 0 unspecified atom stereocenters. The highest BCUT2D eigenvalue weighted by Gasteiger charge is 2.16. The monoisotopic (exact) mass is 393 g/mol. The Bertz CT molecular complexity index is 1180. The summed E-state index contributed by atoms with van der Waals surface area (Å²) in [7, 11) is -0.764. The minimum absolute atomic E-state index is 0.00543. The Kier molecular flexibility index (Phi) is 5.15. The first-order valence-electron chi connectivity index (χ1n) is 8.08. The molecule has 0 saturated heterocycles. The van der Waals surface area contributed by atoms with Gasteiger partial charge < -0.3 is 9.72 Å². The van der Waals surface area contributed by atoms with Crippen molar-refractivity contribution < 1.29 is 13.2 Å². The maximum Gasteiger partial charge on any atom is 0.332 e. The summed E-state index contributed by atoms with van der Waals surface area (Å²) >= 11 is 0. The molecule has 0 aliphatic heterocycles. The van der Waals surface area contributed by atoms with Crippen LogP contribution in [0.25, 0.3) is 11.2 Å². The first kappa shape index (κ1) is 18.9. The number of para-hydroxylation sites is 1. The maximum atomic E-state index is 12.1. The van der Waals surface area contributed by atoms with Gasteiger partial charge >= 0.3 is 5.69 Å². The SMILES string of the molecule is Cn1c(=O)c2[nH]c(CNS(=O)(=O)CCOc3ccccc3)nc2n(C)c1=O. The second-order valence-electron chi connectivity index (χ2n) is 5.89. The Morgan fingerprint density at radius 3 is 2.56 bits per heavy atom. The van der Waals surface area contributed by atoms with E-state index in [1.54, 1.807) is 24.3 Å². The topological polar surface area (TPSA) is 128 Å². The molecule has 3 aromatic rings. The molecule has 0 bridgehead atoms. The first-order valence-corrected chi connectivity index (χ1v) is 9.73. The lowest BCUT2D eigenvalue weighted by Crippen LogP contribution is -2.36. The van der Waals surface area contributed by atoms with E-state index >= 15 is 0 Å². The van der Waals surface area contributed by atoms with Crippen molar-refractivity contribution in [1.29, 1.82) is 0 Å². The molecule has 0 aliphatic carbocycles. The van der Waals surface area contributed by atoms with E-state index in [0.29, 0.717) is 5.75 Å². The van der Waals surface area contributed by atoms with Crippen LogP contribution in [0.1, 0.15) is 5.82 Å². The van der Waals surface area contributed by atoms with E-state index in [1.165, 1.54) is 18.7 Å². The predicted molar refractivity (Wildman–Crippen MR) is 99.1 cm³/mol. The maximum absolute atomic E-state index is 12.1. The van der Waals surface area contributed by atoms with Gasteiger partial charge in [0.05, 0.1) is 12.3 Å². The Balaban J connectivity index is 1.67. The highest BCUT2D eigenvalue weighted by atomic mass is 32.2. The van der Waals surface area contributed by atoms with Gasteiger partial charge in [-0.25, -0.2) is 22.9 Å². The van der Waals surface area contributed by atoms with E-state index < -0.39 is 21.3 Å². The number of fused-ring (bicyclic) bond motifs is 1. The summed E-state index contributed by atoms with van der Waals surface area (Å²) in [5.74, 6) is 0.583. The summed E-state index contributed by atoms with van der Waals surface area (Å²) in [6.45, 7) is -0.145. The van der Waals surface area contributed by atoms with Gasteiger partial charge in [0.2, 0.25) is 10.0 Å². The van der Waals surface area contributed by atoms with E-state index in [0.717, 1.165) is 4.57 Å². The molecule has 144 valence electrons. The number of H-pyrrole nitrogens is 1. The number of hydrogen-bond donors (Lipinski definition) is 2. The summed E-state index contributed by atoms with van der Waals surface area (Å²) in [5.41, 5.74) is -0.721. The summed E-state index contributed by atoms with van der Waals surface area (Å²) in [6, 6.07) is 8.89.